The number of ether oxygens (including phenoxy) is 1. The summed E-state index contributed by atoms with van der Waals surface area (Å²) >= 11 is 0. The molecular weight excluding hydrogens is 414 g/mol. The summed E-state index contributed by atoms with van der Waals surface area (Å²) in [5, 5.41) is 0. The second-order valence-corrected chi connectivity index (χ2v) is 7.92. The van der Waals surface area contributed by atoms with Crippen LogP contribution in [0.1, 0.15) is 15.9 Å². The number of rotatable bonds is 7. The number of pyridine rings is 1. The molecule has 0 aliphatic carbocycles. The SMILES string of the molecule is C=CCN1CCN(C(=O)c2ccccc2OC)[C@@H](Cc2ccc(-c3ccncc3)cc2)C1=O. The van der Waals surface area contributed by atoms with Crippen molar-refractivity contribution in [1.82, 2.24) is 14.8 Å². The fraction of sp³-hybridized carbons (Fsp3) is 0.222. The Hall–Kier alpha value is -3.93. The van der Waals surface area contributed by atoms with Gasteiger partial charge in [-0.3, -0.25) is 14.6 Å². The summed E-state index contributed by atoms with van der Waals surface area (Å²) in [6.45, 7) is 5.16. The molecule has 1 atom stereocenters. The van der Waals surface area contributed by atoms with Crippen LogP contribution in [0.3, 0.4) is 0 Å². The minimum absolute atomic E-state index is 0.0670. The van der Waals surface area contributed by atoms with Crippen LogP contribution in [-0.4, -0.2) is 59.4 Å². The first kappa shape index (κ1) is 22.3. The van der Waals surface area contributed by atoms with E-state index in [1.807, 2.05) is 42.5 Å². The molecule has 2 aromatic carbocycles. The van der Waals surface area contributed by atoms with E-state index >= 15 is 0 Å². The molecule has 0 saturated carbocycles. The number of para-hydroxylation sites is 1. The molecule has 1 saturated heterocycles. The molecule has 1 aromatic heterocycles. The lowest BCUT2D eigenvalue weighted by atomic mass is 9.97. The highest BCUT2D eigenvalue weighted by Crippen LogP contribution is 2.25. The largest absolute Gasteiger partial charge is 0.496 e. The van der Waals surface area contributed by atoms with Gasteiger partial charge in [0, 0.05) is 38.4 Å². The number of aromatic nitrogens is 1. The number of carbonyl (C=O) groups is 2. The molecule has 1 fully saturated rings. The number of nitrogens with zero attached hydrogens (tertiary/aromatic N) is 3. The van der Waals surface area contributed by atoms with E-state index in [1.54, 1.807) is 53.6 Å². The second-order valence-electron chi connectivity index (χ2n) is 7.92. The zero-order valence-corrected chi connectivity index (χ0v) is 18.7. The third-order valence-electron chi connectivity index (χ3n) is 5.93. The van der Waals surface area contributed by atoms with E-state index in [4.69, 9.17) is 4.74 Å². The van der Waals surface area contributed by atoms with Gasteiger partial charge in [0.2, 0.25) is 5.91 Å². The smallest absolute Gasteiger partial charge is 0.258 e. The second kappa shape index (κ2) is 10.1. The molecule has 33 heavy (non-hydrogen) atoms. The monoisotopic (exact) mass is 441 g/mol. The quantitative estimate of drug-likeness (QED) is 0.523. The van der Waals surface area contributed by atoms with Gasteiger partial charge < -0.3 is 14.5 Å². The van der Waals surface area contributed by atoms with Crippen molar-refractivity contribution in [3.63, 3.8) is 0 Å². The normalized spacial score (nSPS) is 15.9. The van der Waals surface area contributed by atoms with Crippen molar-refractivity contribution in [1.29, 1.82) is 0 Å². The predicted molar refractivity (Wildman–Crippen MR) is 128 cm³/mol. The molecule has 3 aromatic rings. The first-order valence-electron chi connectivity index (χ1n) is 11.0. The maximum absolute atomic E-state index is 13.5. The molecule has 6 heteroatoms. The standard InChI is InChI=1S/C27H27N3O3/c1-3-16-29-17-18-30(26(31)23-6-4-5-7-25(23)33-2)24(27(29)32)19-20-8-10-21(11-9-20)22-12-14-28-15-13-22/h3-15,24H,1,16-19H2,2H3/t24-/m0/s1. The van der Waals surface area contributed by atoms with E-state index in [0.717, 1.165) is 16.7 Å². The summed E-state index contributed by atoms with van der Waals surface area (Å²) in [5.41, 5.74) is 3.61. The zero-order valence-electron chi connectivity index (χ0n) is 18.7. The Bertz CT molecular complexity index is 1130. The van der Waals surface area contributed by atoms with Gasteiger partial charge in [-0.15, -0.1) is 6.58 Å². The molecule has 6 nitrogen and oxygen atoms in total. The average Bonchev–Trinajstić information content (AvgIpc) is 2.87. The molecule has 0 radical (unpaired) electrons. The fourth-order valence-corrected chi connectivity index (χ4v) is 4.19. The number of piperazine rings is 1. The van der Waals surface area contributed by atoms with Gasteiger partial charge in [-0.25, -0.2) is 0 Å². The number of carbonyl (C=O) groups excluding carboxylic acids is 2. The van der Waals surface area contributed by atoms with Gasteiger partial charge in [-0.05, 0) is 41.0 Å². The first-order chi connectivity index (χ1) is 16.1. The summed E-state index contributed by atoms with van der Waals surface area (Å²) in [7, 11) is 1.54. The predicted octanol–water partition coefficient (Wildman–Crippen LogP) is 3.84. The summed E-state index contributed by atoms with van der Waals surface area (Å²) < 4.78 is 5.39. The van der Waals surface area contributed by atoms with Crippen LogP contribution in [0, 0.1) is 0 Å². The third-order valence-corrected chi connectivity index (χ3v) is 5.93. The minimum Gasteiger partial charge on any atom is -0.496 e. The molecule has 1 aliphatic rings. The molecular formula is C27H27N3O3. The highest BCUT2D eigenvalue weighted by molar-refractivity contribution is 6.00. The molecule has 2 amide bonds. The molecule has 0 N–H and O–H groups in total. The van der Waals surface area contributed by atoms with Crippen molar-refractivity contribution in [3.05, 3.63) is 96.8 Å². The number of amides is 2. The Morgan fingerprint density at radius 2 is 1.76 bits per heavy atom. The van der Waals surface area contributed by atoms with Gasteiger partial charge in [0.05, 0.1) is 12.7 Å². The van der Waals surface area contributed by atoms with Crippen LogP contribution in [0.4, 0.5) is 0 Å². The van der Waals surface area contributed by atoms with Crippen LogP contribution in [0.2, 0.25) is 0 Å². The summed E-state index contributed by atoms with van der Waals surface area (Å²) in [6, 6.07) is 18.5. The van der Waals surface area contributed by atoms with Crippen LogP contribution in [0.25, 0.3) is 11.1 Å². The van der Waals surface area contributed by atoms with Crippen LogP contribution in [0.5, 0.6) is 5.75 Å². The Morgan fingerprint density at radius 1 is 1.06 bits per heavy atom. The van der Waals surface area contributed by atoms with Crippen molar-refractivity contribution in [2.75, 3.05) is 26.7 Å². The topological polar surface area (TPSA) is 62.7 Å². The highest BCUT2D eigenvalue weighted by atomic mass is 16.5. The van der Waals surface area contributed by atoms with Crippen molar-refractivity contribution in [3.8, 4) is 16.9 Å². The maximum atomic E-state index is 13.5. The first-order valence-corrected chi connectivity index (χ1v) is 11.0. The van der Waals surface area contributed by atoms with Gasteiger partial charge in [0.25, 0.3) is 5.91 Å². The number of methoxy groups -OCH3 is 1. The molecule has 0 bridgehead atoms. The van der Waals surface area contributed by atoms with Crippen LogP contribution in [-0.2, 0) is 11.2 Å². The summed E-state index contributed by atoms with van der Waals surface area (Å²) in [5.74, 6) is 0.240. The molecule has 0 spiro atoms. The van der Waals surface area contributed by atoms with Crippen molar-refractivity contribution in [2.45, 2.75) is 12.5 Å². The van der Waals surface area contributed by atoms with Crippen molar-refractivity contribution in [2.24, 2.45) is 0 Å². The Balaban J connectivity index is 1.61. The van der Waals surface area contributed by atoms with E-state index < -0.39 is 6.04 Å². The molecule has 4 rings (SSSR count). The number of hydrogen-bond donors (Lipinski definition) is 0. The number of hydrogen-bond acceptors (Lipinski definition) is 4. The van der Waals surface area contributed by atoms with Gasteiger partial charge in [0.1, 0.15) is 11.8 Å². The summed E-state index contributed by atoms with van der Waals surface area (Å²) in [4.78, 5) is 34.3. The van der Waals surface area contributed by atoms with Crippen LogP contribution >= 0.6 is 0 Å². The van der Waals surface area contributed by atoms with Crippen molar-refractivity contribution >= 4 is 11.8 Å². The van der Waals surface area contributed by atoms with Crippen molar-refractivity contribution < 1.29 is 14.3 Å². The maximum Gasteiger partial charge on any atom is 0.258 e. The van der Waals surface area contributed by atoms with Gasteiger partial charge in [-0.1, -0.05) is 42.5 Å². The third kappa shape index (κ3) is 4.80. The van der Waals surface area contributed by atoms with E-state index in [0.29, 0.717) is 37.4 Å². The molecule has 0 unspecified atom stereocenters. The van der Waals surface area contributed by atoms with Crippen LogP contribution in [0.15, 0.2) is 85.7 Å². The van der Waals surface area contributed by atoms with E-state index in [1.165, 1.54) is 0 Å². The van der Waals surface area contributed by atoms with E-state index in [9.17, 15) is 9.59 Å². The Morgan fingerprint density at radius 3 is 2.45 bits per heavy atom. The minimum atomic E-state index is -0.595. The Kier molecular flexibility index (Phi) is 6.83. The van der Waals surface area contributed by atoms with E-state index in [2.05, 4.69) is 11.6 Å². The molecule has 1 aliphatic heterocycles. The lowest BCUT2D eigenvalue weighted by Crippen LogP contribution is -2.59. The molecule has 168 valence electrons. The van der Waals surface area contributed by atoms with Crippen LogP contribution < -0.4 is 4.74 Å². The number of benzene rings is 2. The van der Waals surface area contributed by atoms with Gasteiger partial charge in [0.15, 0.2) is 0 Å². The van der Waals surface area contributed by atoms with E-state index in [-0.39, 0.29) is 11.8 Å². The lowest BCUT2D eigenvalue weighted by molar-refractivity contribution is -0.139. The molecule has 2 heterocycles. The average molecular weight is 442 g/mol. The van der Waals surface area contributed by atoms with Gasteiger partial charge >= 0.3 is 0 Å². The lowest BCUT2D eigenvalue weighted by Gasteiger charge is -2.40. The zero-order chi connectivity index (χ0) is 23.2. The fourth-order valence-electron chi connectivity index (χ4n) is 4.19. The Labute approximate surface area is 194 Å². The summed E-state index contributed by atoms with van der Waals surface area (Å²) in [6.07, 6.45) is 5.68. The highest BCUT2D eigenvalue weighted by Gasteiger charge is 2.38. The van der Waals surface area contributed by atoms with Gasteiger partial charge in [-0.2, -0.15) is 0 Å².